The minimum absolute atomic E-state index is 0.198. The lowest BCUT2D eigenvalue weighted by atomic mass is 10.1. The number of anilines is 1. The average Bonchev–Trinajstić information content (AvgIpc) is 2.31. The highest BCUT2D eigenvalue weighted by Crippen LogP contribution is 2.24. The van der Waals surface area contributed by atoms with Crippen molar-refractivity contribution in [2.24, 2.45) is 5.14 Å². The number of primary sulfonamides is 1. The van der Waals surface area contributed by atoms with Crippen LogP contribution >= 0.6 is 0 Å². The van der Waals surface area contributed by atoms with Gasteiger partial charge >= 0.3 is 0 Å². The number of nitrogens with one attached hydrogen (secondary N) is 1. The number of nitrogens with two attached hydrogens (primary N) is 1. The van der Waals surface area contributed by atoms with Gasteiger partial charge in [-0.2, -0.15) is 0 Å². The van der Waals surface area contributed by atoms with E-state index in [1.807, 2.05) is 6.07 Å². The second kappa shape index (κ2) is 6.91. The summed E-state index contributed by atoms with van der Waals surface area (Å²) in [6.07, 6.45) is 4.36. The molecule has 19 heavy (non-hydrogen) atoms. The molecule has 0 aliphatic carbocycles. The summed E-state index contributed by atoms with van der Waals surface area (Å²) in [5, 5.41) is 8.66. The second-order valence-corrected chi connectivity index (χ2v) is 6.42. The number of rotatable bonds is 7. The van der Waals surface area contributed by atoms with Gasteiger partial charge in [0.25, 0.3) is 0 Å². The van der Waals surface area contributed by atoms with Crippen LogP contribution in [0.1, 0.15) is 45.1 Å². The first-order chi connectivity index (χ1) is 8.90. The minimum Gasteiger partial charge on any atom is -0.382 e. The molecule has 108 valence electrons. The molecular weight excluding hydrogens is 260 g/mol. The smallest absolute Gasteiger partial charge is 0.238 e. The maximum Gasteiger partial charge on any atom is 0.238 e. The van der Waals surface area contributed by atoms with Crippen LogP contribution in [0.4, 0.5) is 5.69 Å². The van der Waals surface area contributed by atoms with Gasteiger partial charge < -0.3 is 5.32 Å². The molecule has 0 amide bonds. The summed E-state index contributed by atoms with van der Waals surface area (Å²) in [7, 11) is -3.66. The summed E-state index contributed by atoms with van der Waals surface area (Å²) in [6.45, 7) is 6.09. The number of sulfonamides is 1. The van der Waals surface area contributed by atoms with Crippen molar-refractivity contribution in [1.82, 2.24) is 0 Å². The fraction of sp³-hybridized carbons (Fsp3) is 0.571. The summed E-state index contributed by atoms with van der Waals surface area (Å²) in [5.41, 5.74) is 1.56. The summed E-state index contributed by atoms with van der Waals surface area (Å²) in [6, 6.07) is 5.56. The third-order valence-electron chi connectivity index (χ3n) is 3.22. The molecule has 0 spiro atoms. The molecule has 0 saturated carbocycles. The molecule has 0 aliphatic heterocycles. The van der Waals surface area contributed by atoms with Gasteiger partial charge in [0, 0.05) is 11.7 Å². The number of hydrogen-bond acceptors (Lipinski definition) is 3. The van der Waals surface area contributed by atoms with Crippen molar-refractivity contribution in [3.63, 3.8) is 0 Å². The van der Waals surface area contributed by atoms with E-state index in [0.717, 1.165) is 31.4 Å². The Labute approximate surface area is 116 Å². The SMILES string of the molecule is CCCC(CCC)Nc1cccc(S(N)(=O)=O)c1C. The average molecular weight is 284 g/mol. The lowest BCUT2D eigenvalue weighted by molar-refractivity contribution is 0.585. The Morgan fingerprint density at radius 1 is 1.21 bits per heavy atom. The molecule has 0 bridgehead atoms. The van der Waals surface area contributed by atoms with E-state index in [0.29, 0.717) is 11.6 Å². The van der Waals surface area contributed by atoms with Crippen molar-refractivity contribution < 1.29 is 8.42 Å². The van der Waals surface area contributed by atoms with Crippen LogP contribution in [-0.4, -0.2) is 14.5 Å². The van der Waals surface area contributed by atoms with Crippen molar-refractivity contribution in [2.75, 3.05) is 5.32 Å². The molecule has 3 N–H and O–H groups in total. The quantitative estimate of drug-likeness (QED) is 0.808. The van der Waals surface area contributed by atoms with E-state index < -0.39 is 10.0 Å². The highest BCUT2D eigenvalue weighted by atomic mass is 32.2. The first kappa shape index (κ1) is 16.0. The Kier molecular flexibility index (Phi) is 5.82. The Hall–Kier alpha value is -1.07. The van der Waals surface area contributed by atoms with Crippen LogP contribution in [0, 0.1) is 6.92 Å². The van der Waals surface area contributed by atoms with Gasteiger partial charge in [0.2, 0.25) is 10.0 Å². The van der Waals surface area contributed by atoms with Gasteiger partial charge in [-0.1, -0.05) is 32.8 Å². The normalized spacial score (nSPS) is 11.8. The van der Waals surface area contributed by atoms with Crippen LogP contribution in [0.25, 0.3) is 0 Å². The van der Waals surface area contributed by atoms with Crippen molar-refractivity contribution in [3.05, 3.63) is 23.8 Å². The molecule has 5 heteroatoms. The molecule has 4 nitrogen and oxygen atoms in total. The van der Waals surface area contributed by atoms with Crippen molar-refractivity contribution in [2.45, 2.75) is 57.4 Å². The van der Waals surface area contributed by atoms with Crippen LogP contribution in [0.2, 0.25) is 0 Å². The van der Waals surface area contributed by atoms with E-state index in [1.54, 1.807) is 19.1 Å². The van der Waals surface area contributed by atoms with E-state index in [9.17, 15) is 8.42 Å². The molecule has 0 aromatic heterocycles. The first-order valence-corrected chi connectivity index (χ1v) is 8.33. The maximum atomic E-state index is 11.5. The molecule has 1 aromatic rings. The monoisotopic (exact) mass is 284 g/mol. The summed E-state index contributed by atoms with van der Waals surface area (Å²) in [5.74, 6) is 0. The van der Waals surface area contributed by atoms with Gasteiger partial charge in [-0.15, -0.1) is 0 Å². The van der Waals surface area contributed by atoms with Crippen molar-refractivity contribution in [3.8, 4) is 0 Å². The zero-order chi connectivity index (χ0) is 14.5. The first-order valence-electron chi connectivity index (χ1n) is 6.79. The zero-order valence-electron chi connectivity index (χ0n) is 11.9. The lowest BCUT2D eigenvalue weighted by Gasteiger charge is -2.21. The number of hydrogen-bond donors (Lipinski definition) is 2. The van der Waals surface area contributed by atoms with E-state index in [4.69, 9.17) is 5.14 Å². The Morgan fingerprint density at radius 2 is 1.79 bits per heavy atom. The van der Waals surface area contributed by atoms with Gasteiger partial charge in [-0.3, -0.25) is 0 Å². The third kappa shape index (κ3) is 4.51. The van der Waals surface area contributed by atoms with Crippen LogP contribution < -0.4 is 10.5 Å². The van der Waals surface area contributed by atoms with E-state index in [-0.39, 0.29) is 4.90 Å². The molecule has 0 saturated heterocycles. The summed E-state index contributed by atoms with van der Waals surface area (Å²) >= 11 is 0. The molecule has 0 fully saturated rings. The van der Waals surface area contributed by atoms with Crippen LogP contribution in [-0.2, 0) is 10.0 Å². The zero-order valence-corrected chi connectivity index (χ0v) is 12.8. The fourth-order valence-electron chi connectivity index (χ4n) is 2.28. The highest BCUT2D eigenvalue weighted by molar-refractivity contribution is 7.89. The van der Waals surface area contributed by atoms with Crippen molar-refractivity contribution in [1.29, 1.82) is 0 Å². The Morgan fingerprint density at radius 3 is 2.26 bits per heavy atom. The van der Waals surface area contributed by atoms with E-state index in [1.165, 1.54) is 0 Å². The Balaban J connectivity index is 3.01. The predicted molar refractivity (Wildman–Crippen MR) is 79.8 cm³/mol. The second-order valence-electron chi connectivity index (χ2n) is 4.89. The predicted octanol–water partition coefficient (Wildman–Crippen LogP) is 3.02. The highest BCUT2D eigenvalue weighted by Gasteiger charge is 2.15. The summed E-state index contributed by atoms with van der Waals surface area (Å²) in [4.78, 5) is 0.198. The van der Waals surface area contributed by atoms with Crippen LogP contribution in [0.3, 0.4) is 0 Å². The van der Waals surface area contributed by atoms with Gasteiger partial charge in [-0.05, 0) is 37.5 Å². The standard InChI is InChI=1S/C14H24N2O2S/c1-4-7-12(8-5-2)16-13-9-6-10-14(11(13)3)19(15,17)18/h6,9-10,12,16H,4-5,7-8H2,1-3H3,(H2,15,17,18). The molecule has 1 rings (SSSR count). The topological polar surface area (TPSA) is 72.2 Å². The van der Waals surface area contributed by atoms with Crippen molar-refractivity contribution >= 4 is 15.7 Å². The molecule has 0 atom stereocenters. The third-order valence-corrected chi connectivity index (χ3v) is 4.28. The molecule has 0 unspecified atom stereocenters. The van der Waals surface area contributed by atoms with Crippen LogP contribution in [0.15, 0.2) is 23.1 Å². The molecular formula is C14H24N2O2S. The molecule has 0 aliphatic rings. The van der Waals surface area contributed by atoms with E-state index >= 15 is 0 Å². The number of benzene rings is 1. The minimum atomic E-state index is -3.66. The van der Waals surface area contributed by atoms with Gasteiger partial charge in [0.1, 0.15) is 0 Å². The van der Waals surface area contributed by atoms with Gasteiger partial charge in [-0.25, -0.2) is 13.6 Å². The van der Waals surface area contributed by atoms with Gasteiger partial charge in [0.05, 0.1) is 4.90 Å². The summed E-state index contributed by atoms with van der Waals surface area (Å²) < 4.78 is 23.0. The molecule has 0 heterocycles. The maximum absolute atomic E-state index is 11.5. The largest absolute Gasteiger partial charge is 0.382 e. The molecule has 0 radical (unpaired) electrons. The van der Waals surface area contributed by atoms with Gasteiger partial charge in [0.15, 0.2) is 0 Å². The lowest BCUT2D eigenvalue weighted by Crippen LogP contribution is -2.21. The Bertz CT molecular complexity index is 506. The van der Waals surface area contributed by atoms with E-state index in [2.05, 4.69) is 19.2 Å². The fourth-order valence-corrected chi connectivity index (χ4v) is 3.09. The van der Waals surface area contributed by atoms with Crippen LogP contribution in [0.5, 0.6) is 0 Å². The molecule has 1 aromatic carbocycles.